The maximum absolute atomic E-state index is 10.1. The van der Waals surface area contributed by atoms with Crippen LogP contribution in [0.25, 0.3) is 0 Å². The van der Waals surface area contributed by atoms with Gasteiger partial charge in [-0.3, -0.25) is 9.59 Å². The number of carbonyl (C=O) groups is 2. The summed E-state index contributed by atoms with van der Waals surface area (Å²) >= 11 is 0. The van der Waals surface area contributed by atoms with Gasteiger partial charge in [-0.05, 0) is 19.4 Å². The van der Waals surface area contributed by atoms with Crippen molar-refractivity contribution < 1.29 is 19.8 Å². The second-order valence-corrected chi connectivity index (χ2v) is 3.49. The molecule has 1 aromatic rings. The molecule has 19 heavy (non-hydrogen) atoms. The Hall–Kier alpha value is -1.92. The van der Waals surface area contributed by atoms with E-state index in [9.17, 15) is 4.79 Å². The topological polar surface area (TPSA) is 127 Å². The van der Waals surface area contributed by atoms with Crippen LogP contribution in [0.4, 0.5) is 0 Å². The van der Waals surface area contributed by atoms with Crippen LogP contribution in [0.1, 0.15) is 19.3 Å². The van der Waals surface area contributed by atoms with Crippen LogP contribution in [-0.4, -0.2) is 35.2 Å². The normalized spacial score (nSPS) is 10.0. The highest BCUT2D eigenvalue weighted by Crippen LogP contribution is 1.96. The summed E-state index contributed by atoms with van der Waals surface area (Å²) in [5.74, 6) is -0.933. The lowest BCUT2D eigenvalue weighted by molar-refractivity contribution is -0.138. The number of carboxylic acid groups (broad SMARTS) is 2. The highest BCUT2D eigenvalue weighted by Gasteiger charge is 2.09. The van der Waals surface area contributed by atoms with Crippen molar-refractivity contribution >= 4 is 12.4 Å². The Morgan fingerprint density at radius 1 is 1.11 bits per heavy atom. The minimum absolute atomic E-state index is 0.250. The van der Waals surface area contributed by atoms with Crippen LogP contribution in [0.5, 0.6) is 0 Å². The summed E-state index contributed by atoms with van der Waals surface area (Å²) in [5, 5.41) is 15.2. The Kier molecular flexibility index (Phi) is 16.4. The van der Waals surface area contributed by atoms with Gasteiger partial charge < -0.3 is 21.7 Å². The van der Waals surface area contributed by atoms with Gasteiger partial charge in [0.1, 0.15) is 6.04 Å². The van der Waals surface area contributed by atoms with Crippen molar-refractivity contribution in [1.82, 2.24) is 0 Å². The van der Waals surface area contributed by atoms with E-state index in [1.54, 1.807) is 0 Å². The molecule has 0 saturated heterocycles. The number of hydrogen-bond donors (Lipinski definition) is 4. The summed E-state index contributed by atoms with van der Waals surface area (Å²) < 4.78 is 0. The lowest BCUT2D eigenvalue weighted by Crippen LogP contribution is -2.29. The molecule has 0 heterocycles. The van der Waals surface area contributed by atoms with Gasteiger partial charge in [-0.25, -0.2) is 0 Å². The van der Waals surface area contributed by atoms with Crippen molar-refractivity contribution in [3.05, 3.63) is 36.4 Å². The minimum atomic E-state index is -0.933. The number of carboxylic acids is 1. The first-order valence-corrected chi connectivity index (χ1v) is 5.86. The molecule has 0 saturated carbocycles. The van der Waals surface area contributed by atoms with Gasteiger partial charge >= 0.3 is 5.97 Å². The van der Waals surface area contributed by atoms with Gasteiger partial charge in [-0.15, -0.1) is 0 Å². The number of aliphatic carboxylic acids is 1. The largest absolute Gasteiger partial charge is 0.483 e. The zero-order chi connectivity index (χ0) is 14.9. The van der Waals surface area contributed by atoms with E-state index in [1.165, 1.54) is 0 Å². The van der Waals surface area contributed by atoms with Crippen molar-refractivity contribution in [2.45, 2.75) is 25.3 Å². The lowest BCUT2D eigenvalue weighted by atomic mass is 10.1. The van der Waals surface area contributed by atoms with E-state index in [4.69, 9.17) is 26.5 Å². The molecule has 1 rings (SSSR count). The molecule has 1 aromatic carbocycles. The standard InChI is InChI=1S/C6H14N2O2.C6H6.CH2O2/c7-4-2-1-3-5(8)6(9)10;1-2-4-6-5-3-1;2-1-3/h5H,1-4,7-8H2,(H,9,10);1-6H;1H,(H,2,3). The molecule has 6 heteroatoms. The Bertz CT molecular complexity index is 280. The van der Waals surface area contributed by atoms with Crippen LogP contribution < -0.4 is 11.5 Å². The molecular weight excluding hydrogens is 248 g/mol. The monoisotopic (exact) mass is 270 g/mol. The first kappa shape index (κ1) is 19.4. The summed E-state index contributed by atoms with van der Waals surface area (Å²) in [4.78, 5) is 18.5. The Balaban J connectivity index is 0. The molecule has 0 fully saturated rings. The minimum Gasteiger partial charge on any atom is -0.483 e. The molecule has 0 amide bonds. The molecular formula is C13H22N2O4. The van der Waals surface area contributed by atoms with E-state index < -0.39 is 12.0 Å². The van der Waals surface area contributed by atoms with Gasteiger partial charge in [0.2, 0.25) is 0 Å². The zero-order valence-electron chi connectivity index (χ0n) is 10.8. The molecule has 1 atom stereocenters. The predicted octanol–water partition coefficient (Wildman–Crippen LogP) is 0.915. The highest BCUT2D eigenvalue weighted by molar-refractivity contribution is 5.72. The fraction of sp³-hybridized carbons (Fsp3) is 0.385. The third kappa shape index (κ3) is 18.6. The van der Waals surface area contributed by atoms with Crippen LogP contribution in [0, 0.1) is 0 Å². The smallest absolute Gasteiger partial charge is 0.320 e. The first-order chi connectivity index (χ1) is 9.09. The van der Waals surface area contributed by atoms with Gasteiger partial charge in [-0.1, -0.05) is 42.8 Å². The van der Waals surface area contributed by atoms with Crippen molar-refractivity contribution in [2.24, 2.45) is 11.5 Å². The average molecular weight is 270 g/mol. The van der Waals surface area contributed by atoms with Crippen LogP contribution in [0.3, 0.4) is 0 Å². The highest BCUT2D eigenvalue weighted by atomic mass is 16.4. The molecule has 0 radical (unpaired) electrons. The van der Waals surface area contributed by atoms with Gasteiger partial charge in [0, 0.05) is 0 Å². The molecule has 6 N–H and O–H groups in total. The zero-order valence-corrected chi connectivity index (χ0v) is 10.8. The maximum Gasteiger partial charge on any atom is 0.320 e. The molecule has 0 bridgehead atoms. The summed E-state index contributed by atoms with van der Waals surface area (Å²) in [6.45, 7) is 0.354. The summed E-state index contributed by atoms with van der Waals surface area (Å²) in [7, 11) is 0. The van der Waals surface area contributed by atoms with E-state index in [0.717, 1.165) is 12.8 Å². The van der Waals surface area contributed by atoms with Crippen molar-refractivity contribution in [3.8, 4) is 0 Å². The molecule has 0 aromatic heterocycles. The number of unbranched alkanes of at least 4 members (excludes halogenated alkanes) is 1. The third-order valence-electron chi connectivity index (χ3n) is 1.95. The van der Waals surface area contributed by atoms with E-state index in [1.807, 2.05) is 36.4 Å². The Morgan fingerprint density at radius 2 is 1.47 bits per heavy atom. The second kappa shape index (κ2) is 16.1. The Labute approximate surface area is 113 Å². The number of nitrogens with two attached hydrogens (primary N) is 2. The maximum atomic E-state index is 10.1. The van der Waals surface area contributed by atoms with Crippen molar-refractivity contribution in [1.29, 1.82) is 0 Å². The first-order valence-electron chi connectivity index (χ1n) is 5.86. The van der Waals surface area contributed by atoms with E-state index in [2.05, 4.69) is 0 Å². The summed E-state index contributed by atoms with van der Waals surface area (Å²) in [6, 6.07) is 11.3. The number of hydrogen-bond acceptors (Lipinski definition) is 4. The van der Waals surface area contributed by atoms with E-state index in [-0.39, 0.29) is 6.47 Å². The fourth-order valence-corrected chi connectivity index (χ4v) is 1.02. The summed E-state index contributed by atoms with van der Waals surface area (Å²) in [6.07, 6.45) is 2.16. The summed E-state index contributed by atoms with van der Waals surface area (Å²) in [5.41, 5.74) is 10.4. The second-order valence-electron chi connectivity index (χ2n) is 3.49. The molecule has 1 unspecified atom stereocenters. The molecule has 108 valence electrons. The molecule has 6 nitrogen and oxygen atoms in total. The SMILES string of the molecule is NCCCCC(N)C(=O)O.O=CO.c1ccccc1. The molecule has 0 spiro atoms. The van der Waals surface area contributed by atoms with Gasteiger partial charge in [0.25, 0.3) is 6.47 Å². The third-order valence-corrected chi connectivity index (χ3v) is 1.95. The van der Waals surface area contributed by atoms with Crippen LogP contribution in [0.2, 0.25) is 0 Å². The predicted molar refractivity (Wildman–Crippen MR) is 73.7 cm³/mol. The fourth-order valence-electron chi connectivity index (χ4n) is 1.02. The van der Waals surface area contributed by atoms with E-state index in [0.29, 0.717) is 13.0 Å². The number of rotatable bonds is 5. The van der Waals surface area contributed by atoms with Crippen molar-refractivity contribution in [2.75, 3.05) is 6.54 Å². The average Bonchev–Trinajstić information content (AvgIpc) is 2.42. The van der Waals surface area contributed by atoms with Crippen LogP contribution in [-0.2, 0) is 9.59 Å². The molecule has 0 aliphatic heterocycles. The van der Waals surface area contributed by atoms with Gasteiger partial charge in [-0.2, -0.15) is 0 Å². The number of benzene rings is 1. The van der Waals surface area contributed by atoms with Gasteiger partial charge in [0.15, 0.2) is 0 Å². The van der Waals surface area contributed by atoms with Crippen LogP contribution >= 0.6 is 0 Å². The quantitative estimate of drug-likeness (QED) is 0.465. The molecule has 0 aliphatic carbocycles. The Morgan fingerprint density at radius 3 is 1.74 bits per heavy atom. The van der Waals surface area contributed by atoms with Gasteiger partial charge in [0.05, 0.1) is 0 Å². The van der Waals surface area contributed by atoms with Crippen LogP contribution in [0.15, 0.2) is 36.4 Å². The molecule has 0 aliphatic rings. The van der Waals surface area contributed by atoms with E-state index >= 15 is 0 Å². The van der Waals surface area contributed by atoms with Crippen molar-refractivity contribution in [3.63, 3.8) is 0 Å². The lowest BCUT2D eigenvalue weighted by Gasteiger charge is -2.03.